The minimum Gasteiger partial charge on any atom is -0.488 e. The van der Waals surface area contributed by atoms with Gasteiger partial charge in [-0.2, -0.15) is 0 Å². The van der Waals surface area contributed by atoms with Crippen LogP contribution in [0.2, 0.25) is 0 Å². The van der Waals surface area contributed by atoms with Gasteiger partial charge in [-0.05, 0) is 12.1 Å². The van der Waals surface area contributed by atoms with Crippen molar-refractivity contribution in [1.82, 2.24) is 0 Å². The first kappa shape index (κ1) is 11.8. The van der Waals surface area contributed by atoms with E-state index in [0.717, 1.165) is 6.42 Å². The Bertz CT molecular complexity index is 406. The second-order valence-corrected chi connectivity index (χ2v) is 4.01. The molecule has 0 amide bonds. The normalized spacial score (nSPS) is 27.3. The van der Waals surface area contributed by atoms with Crippen LogP contribution in [-0.2, 0) is 4.74 Å². The van der Waals surface area contributed by atoms with Crippen LogP contribution in [0, 0.1) is 10.1 Å². The molecule has 1 aliphatic carbocycles. The van der Waals surface area contributed by atoms with Gasteiger partial charge in [0.25, 0.3) is 5.69 Å². The van der Waals surface area contributed by atoms with Crippen LogP contribution in [0.15, 0.2) is 24.3 Å². The molecule has 3 atom stereocenters. The number of ether oxygens (including phenoxy) is 2. The number of nitro benzene ring substituents is 1. The van der Waals surface area contributed by atoms with Gasteiger partial charge in [0.05, 0.1) is 4.92 Å². The van der Waals surface area contributed by atoms with Gasteiger partial charge in [0.1, 0.15) is 18.0 Å². The molecular formula is C11H14N2O4. The molecule has 0 radical (unpaired) electrons. The zero-order valence-electron chi connectivity index (χ0n) is 9.41. The lowest BCUT2D eigenvalue weighted by molar-refractivity contribution is -0.384. The number of rotatable bonds is 4. The fraction of sp³-hybridized carbons (Fsp3) is 0.455. The molecule has 6 heteroatoms. The highest BCUT2D eigenvalue weighted by molar-refractivity contribution is 5.36. The maximum absolute atomic E-state index is 10.5. The molecule has 6 nitrogen and oxygen atoms in total. The average Bonchev–Trinajstić information content (AvgIpc) is 2.29. The smallest absolute Gasteiger partial charge is 0.269 e. The maximum Gasteiger partial charge on any atom is 0.269 e. The van der Waals surface area contributed by atoms with Crippen LogP contribution in [0.25, 0.3) is 0 Å². The third-order valence-electron chi connectivity index (χ3n) is 2.90. The van der Waals surface area contributed by atoms with E-state index in [9.17, 15) is 10.1 Å². The topological polar surface area (TPSA) is 87.6 Å². The number of nitrogens with zero attached hydrogens (tertiary/aromatic N) is 1. The summed E-state index contributed by atoms with van der Waals surface area (Å²) in [5, 5.41) is 10.5. The Labute approximate surface area is 98.5 Å². The van der Waals surface area contributed by atoms with Crippen LogP contribution in [-0.4, -0.2) is 30.3 Å². The number of hydrogen-bond donors (Lipinski definition) is 1. The van der Waals surface area contributed by atoms with E-state index < -0.39 is 4.92 Å². The Hall–Kier alpha value is -1.66. The standard InChI is InChI=1S/C11H14N2O4/c1-16-11-9(12)6-10(11)17-8-4-2-7(3-5-8)13(14)15/h2-5,9-11H,6,12H2,1H3. The van der Waals surface area contributed by atoms with Gasteiger partial charge in [-0.25, -0.2) is 0 Å². The molecule has 0 saturated heterocycles. The summed E-state index contributed by atoms with van der Waals surface area (Å²) in [5.41, 5.74) is 5.79. The molecule has 1 saturated carbocycles. The molecule has 1 aliphatic rings. The summed E-state index contributed by atoms with van der Waals surface area (Å²) >= 11 is 0. The summed E-state index contributed by atoms with van der Waals surface area (Å²) < 4.78 is 10.8. The third kappa shape index (κ3) is 2.37. The zero-order valence-corrected chi connectivity index (χ0v) is 9.41. The zero-order chi connectivity index (χ0) is 12.4. The van der Waals surface area contributed by atoms with Crippen molar-refractivity contribution in [3.8, 4) is 5.75 Å². The predicted octanol–water partition coefficient (Wildman–Crippen LogP) is 1.09. The quantitative estimate of drug-likeness (QED) is 0.626. The number of nitrogens with two attached hydrogens (primary N) is 1. The summed E-state index contributed by atoms with van der Waals surface area (Å²) in [6, 6.07) is 5.98. The molecule has 1 aromatic rings. The van der Waals surface area contributed by atoms with Gasteiger partial charge in [-0.15, -0.1) is 0 Å². The molecule has 17 heavy (non-hydrogen) atoms. The first-order valence-electron chi connectivity index (χ1n) is 5.31. The summed E-state index contributed by atoms with van der Waals surface area (Å²) in [5.74, 6) is 0.592. The van der Waals surface area contributed by atoms with Crippen LogP contribution in [0.1, 0.15) is 6.42 Å². The second kappa shape index (κ2) is 4.68. The number of hydrogen-bond acceptors (Lipinski definition) is 5. The number of benzene rings is 1. The molecule has 0 aromatic heterocycles. The molecule has 0 bridgehead atoms. The van der Waals surface area contributed by atoms with Crippen molar-refractivity contribution in [2.45, 2.75) is 24.7 Å². The van der Waals surface area contributed by atoms with Crippen molar-refractivity contribution in [3.63, 3.8) is 0 Å². The molecule has 1 fully saturated rings. The second-order valence-electron chi connectivity index (χ2n) is 4.01. The van der Waals surface area contributed by atoms with E-state index in [0.29, 0.717) is 5.75 Å². The van der Waals surface area contributed by atoms with Gasteiger partial charge in [0.15, 0.2) is 0 Å². The Kier molecular flexibility index (Phi) is 3.26. The lowest BCUT2D eigenvalue weighted by Gasteiger charge is -2.40. The Balaban J connectivity index is 1.98. The Morgan fingerprint density at radius 2 is 2.06 bits per heavy atom. The fourth-order valence-corrected chi connectivity index (χ4v) is 1.88. The number of methoxy groups -OCH3 is 1. The van der Waals surface area contributed by atoms with E-state index in [-0.39, 0.29) is 23.9 Å². The van der Waals surface area contributed by atoms with Crippen molar-refractivity contribution in [3.05, 3.63) is 34.4 Å². The lowest BCUT2D eigenvalue weighted by atomic mass is 9.86. The van der Waals surface area contributed by atoms with Crippen molar-refractivity contribution >= 4 is 5.69 Å². The van der Waals surface area contributed by atoms with E-state index in [1.165, 1.54) is 12.1 Å². The Morgan fingerprint density at radius 1 is 1.41 bits per heavy atom. The summed E-state index contributed by atoms with van der Waals surface area (Å²) in [7, 11) is 1.59. The highest BCUT2D eigenvalue weighted by atomic mass is 16.6. The SMILES string of the molecule is COC1C(N)CC1Oc1ccc([N+](=O)[O-])cc1. The molecule has 0 heterocycles. The van der Waals surface area contributed by atoms with Gasteiger partial charge in [0, 0.05) is 31.7 Å². The first-order valence-corrected chi connectivity index (χ1v) is 5.31. The van der Waals surface area contributed by atoms with E-state index in [1.807, 2.05) is 0 Å². The summed E-state index contributed by atoms with van der Waals surface area (Å²) in [6.07, 6.45) is 0.553. The molecule has 92 valence electrons. The van der Waals surface area contributed by atoms with Crippen LogP contribution < -0.4 is 10.5 Å². The average molecular weight is 238 g/mol. The number of nitro groups is 1. The molecule has 2 rings (SSSR count). The largest absolute Gasteiger partial charge is 0.488 e. The maximum atomic E-state index is 10.5. The highest BCUT2D eigenvalue weighted by Crippen LogP contribution is 2.28. The molecule has 3 unspecified atom stereocenters. The molecule has 0 aliphatic heterocycles. The van der Waals surface area contributed by atoms with E-state index in [4.69, 9.17) is 15.2 Å². The summed E-state index contributed by atoms with van der Waals surface area (Å²) in [6.45, 7) is 0. The van der Waals surface area contributed by atoms with E-state index >= 15 is 0 Å². The van der Waals surface area contributed by atoms with Crippen molar-refractivity contribution in [2.24, 2.45) is 5.73 Å². The van der Waals surface area contributed by atoms with Crippen LogP contribution in [0.3, 0.4) is 0 Å². The van der Waals surface area contributed by atoms with E-state index in [1.54, 1.807) is 19.2 Å². The highest BCUT2D eigenvalue weighted by Gasteiger charge is 2.40. The first-order chi connectivity index (χ1) is 8.11. The third-order valence-corrected chi connectivity index (χ3v) is 2.90. The van der Waals surface area contributed by atoms with E-state index in [2.05, 4.69) is 0 Å². The van der Waals surface area contributed by atoms with Gasteiger partial charge in [-0.3, -0.25) is 10.1 Å². The molecule has 1 aromatic carbocycles. The minimum atomic E-state index is -0.443. The van der Waals surface area contributed by atoms with Crippen LogP contribution >= 0.6 is 0 Å². The van der Waals surface area contributed by atoms with Gasteiger partial charge in [0.2, 0.25) is 0 Å². The lowest BCUT2D eigenvalue weighted by Crippen LogP contribution is -2.59. The monoisotopic (exact) mass is 238 g/mol. The number of non-ortho nitro benzene ring substituents is 1. The van der Waals surface area contributed by atoms with Gasteiger partial charge >= 0.3 is 0 Å². The van der Waals surface area contributed by atoms with Gasteiger partial charge < -0.3 is 15.2 Å². The van der Waals surface area contributed by atoms with Crippen LogP contribution in [0.4, 0.5) is 5.69 Å². The van der Waals surface area contributed by atoms with Crippen molar-refractivity contribution in [2.75, 3.05) is 7.11 Å². The fourth-order valence-electron chi connectivity index (χ4n) is 1.88. The van der Waals surface area contributed by atoms with Crippen molar-refractivity contribution in [1.29, 1.82) is 0 Å². The van der Waals surface area contributed by atoms with Crippen molar-refractivity contribution < 1.29 is 14.4 Å². The van der Waals surface area contributed by atoms with Crippen LogP contribution in [0.5, 0.6) is 5.75 Å². The Morgan fingerprint density at radius 3 is 2.53 bits per heavy atom. The molecule has 0 spiro atoms. The minimum absolute atomic E-state index is 0.00282. The summed E-state index contributed by atoms with van der Waals surface area (Å²) in [4.78, 5) is 10.0. The molecule has 2 N–H and O–H groups in total. The predicted molar refractivity (Wildman–Crippen MR) is 60.9 cm³/mol. The molecular weight excluding hydrogens is 224 g/mol. The van der Waals surface area contributed by atoms with Gasteiger partial charge in [-0.1, -0.05) is 0 Å².